The molecule has 2 atom stereocenters. The van der Waals surface area contributed by atoms with Gasteiger partial charge >= 0.3 is 0 Å². The molecule has 2 amide bonds. The molecule has 2 unspecified atom stereocenters. The van der Waals surface area contributed by atoms with Gasteiger partial charge in [0, 0.05) is 11.8 Å². The highest BCUT2D eigenvalue weighted by Crippen LogP contribution is 2.43. The molecule has 184 valence electrons. The average Bonchev–Trinajstić information content (AvgIpc) is 3.55. The summed E-state index contributed by atoms with van der Waals surface area (Å²) in [6, 6.07) is 19.3. The zero-order valence-electron chi connectivity index (χ0n) is 19.6. The van der Waals surface area contributed by atoms with Gasteiger partial charge in [-0.05, 0) is 30.4 Å². The molecule has 0 spiro atoms. The molecule has 2 heterocycles. The lowest BCUT2D eigenvalue weighted by Crippen LogP contribution is -2.14. The van der Waals surface area contributed by atoms with Gasteiger partial charge in [0.1, 0.15) is 10.0 Å². The molecule has 0 radical (unpaired) electrons. The van der Waals surface area contributed by atoms with E-state index in [1.807, 2.05) is 60.7 Å². The number of carbonyl (C=O) groups excluding carboxylic acids is 2. The SMILES string of the molecule is O=C(Cc1ccccc1)Nc1nnc(C2CCCC(c3nnc(NC(=O)Cc4ccccc4)s3)C2)s1. The fourth-order valence-corrected chi connectivity index (χ4v) is 6.24. The van der Waals surface area contributed by atoms with E-state index in [0.29, 0.717) is 23.1 Å². The summed E-state index contributed by atoms with van der Waals surface area (Å²) in [6.07, 6.45) is 4.63. The van der Waals surface area contributed by atoms with Gasteiger partial charge in [-0.15, -0.1) is 20.4 Å². The van der Waals surface area contributed by atoms with E-state index in [2.05, 4.69) is 31.0 Å². The fraction of sp³-hybridized carbons (Fsp3) is 0.308. The molecule has 2 aromatic heterocycles. The van der Waals surface area contributed by atoms with E-state index in [-0.39, 0.29) is 23.7 Å². The fourth-order valence-electron chi connectivity index (χ4n) is 4.43. The molecule has 2 aromatic carbocycles. The Balaban J connectivity index is 1.15. The number of nitrogens with zero attached hydrogens (tertiary/aromatic N) is 4. The van der Waals surface area contributed by atoms with Crippen LogP contribution in [0, 0.1) is 0 Å². The summed E-state index contributed by atoms with van der Waals surface area (Å²) in [4.78, 5) is 24.7. The van der Waals surface area contributed by atoms with Gasteiger partial charge in [-0.1, -0.05) is 89.8 Å². The van der Waals surface area contributed by atoms with Crippen molar-refractivity contribution in [3.8, 4) is 0 Å². The number of amides is 2. The summed E-state index contributed by atoms with van der Waals surface area (Å²) in [7, 11) is 0. The minimum atomic E-state index is -0.0962. The van der Waals surface area contributed by atoms with Crippen molar-refractivity contribution in [2.45, 2.75) is 50.4 Å². The van der Waals surface area contributed by atoms with Gasteiger partial charge in [-0.2, -0.15) is 0 Å². The van der Waals surface area contributed by atoms with E-state index in [4.69, 9.17) is 0 Å². The molecular formula is C26H26N6O2S2. The Morgan fingerprint density at radius 3 is 1.58 bits per heavy atom. The predicted octanol–water partition coefficient (Wildman–Crippen LogP) is 5.19. The lowest BCUT2D eigenvalue weighted by molar-refractivity contribution is -0.116. The second-order valence-corrected chi connectivity index (χ2v) is 10.9. The van der Waals surface area contributed by atoms with Crippen LogP contribution in [0.5, 0.6) is 0 Å². The van der Waals surface area contributed by atoms with Crippen molar-refractivity contribution in [3.63, 3.8) is 0 Å². The molecule has 2 N–H and O–H groups in total. The van der Waals surface area contributed by atoms with Crippen LogP contribution < -0.4 is 10.6 Å². The molecule has 1 aliphatic carbocycles. The van der Waals surface area contributed by atoms with Crippen LogP contribution >= 0.6 is 22.7 Å². The average molecular weight is 519 g/mol. The Hall–Kier alpha value is -3.50. The molecule has 10 heteroatoms. The first-order chi connectivity index (χ1) is 17.6. The van der Waals surface area contributed by atoms with Crippen molar-refractivity contribution in [1.82, 2.24) is 20.4 Å². The first kappa shape index (κ1) is 24.2. The maximum atomic E-state index is 12.4. The lowest BCUT2D eigenvalue weighted by Gasteiger charge is -2.25. The molecule has 1 saturated carbocycles. The Labute approximate surface area is 217 Å². The Morgan fingerprint density at radius 2 is 1.14 bits per heavy atom. The third-order valence-corrected chi connectivity index (χ3v) is 8.16. The molecule has 8 nitrogen and oxygen atoms in total. The summed E-state index contributed by atoms with van der Waals surface area (Å²) in [6.45, 7) is 0. The number of hydrogen-bond donors (Lipinski definition) is 2. The number of carbonyl (C=O) groups is 2. The first-order valence-electron chi connectivity index (χ1n) is 12.0. The predicted molar refractivity (Wildman–Crippen MR) is 141 cm³/mol. The molecule has 36 heavy (non-hydrogen) atoms. The van der Waals surface area contributed by atoms with E-state index < -0.39 is 0 Å². The topological polar surface area (TPSA) is 110 Å². The summed E-state index contributed by atoms with van der Waals surface area (Å²) in [5, 5.41) is 25.9. The van der Waals surface area contributed by atoms with Gasteiger partial charge in [0.25, 0.3) is 0 Å². The molecule has 0 bridgehead atoms. The van der Waals surface area contributed by atoms with Crippen LogP contribution in [-0.4, -0.2) is 32.2 Å². The molecule has 1 fully saturated rings. The summed E-state index contributed by atoms with van der Waals surface area (Å²) in [5.74, 6) is 0.337. The van der Waals surface area contributed by atoms with Crippen LogP contribution in [0.2, 0.25) is 0 Å². The molecule has 0 saturated heterocycles. The third-order valence-electron chi connectivity index (χ3n) is 6.16. The third kappa shape index (κ3) is 6.38. The number of hydrogen-bond acceptors (Lipinski definition) is 8. The van der Waals surface area contributed by atoms with Crippen LogP contribution in [-0.2, 0) is 22.4 Å². The molecule has 1 aliphatic rings. The largest absolute Gasteiger partial charge is 0.300 e. The van der Waals surface area contributed by atoms with Crippen molar-refractivity contribution in [2.75, 3.05) is 10.6 Å². The van der Waals surface area contributed by atoms with Gasteiger partial charge in [-0.3, -0.25) is 9.59 Å². The van der Waals surface area contributed by atoms with E-state index in [0.717, 1.165) is 46.8 Å². The minimum Gasteiger partial charge on any atom is -0.300 e. The Bertz CT molecular complexity index is 1210. The molecular weight excluding hydrogens is 492 g/mol. The highest BCUT2D eigenvalue weighted by atomic mass is 32.1. The zero-order valence-corrected chi connectivity index (χ0v) is 21.2. The van der Waals surface area contributed by atoms with Gasteiger partial charge in [-0.25, -0.2) is 0 Å². The van der Waals surface area contributed by atoms with E-state index in [9.17, 15) is 9.59 Å². The van der Waals surface area contributed by atoms with Crippen molar-refractivity contribution in [2.24, 2.45) is 0 Å². The summed E-state index contributed by atoms with van der Waals surface area (Å²) >= 11 is 2.89. The van der Waals surface area contributed by atoms with Gasteiger partial charge in [0.05, 0.1) is 12.8 Å². The quantitative estimate of drug-likeness (QED) is 0.332. The first-order valence-corrected chi connectivity index (χ1v) is 13.6. The smallest absolute Gasteiger partial charge is 0.230 e. The number of rotatable bonds is 8. The minimum absolute atomic E-state index is 0.0962. The zero-order chi connectivity index (χ0) is 24.7. The van der Waals surface area contributed by atoms with Crippen molar-refractivity contribution in [3.05, 3.63) is 81.8 Å². The summed E-state index contributed by atoms with van der Waals surface area (Å²) < 4.78 is 0. The monoisotopic (exact) mass is 518 g/mol. The number of benzene rings is 2. The maximum Gasteiger partial charge on any atom is 0.230 e. The molecule has 0 aliphatic heterocycles. The molecule has 4 aromatic rings. The van der Waals surface area contributed by atoms with Gasteiger partial charge < -0.3 is 10.6 Å². The van der Waals surface area contributed by atoms with Gasteiger partial charge in [0.15, 0.2) is 0 Å². The number of anilines is 2. The number of nitrogens with one attached hydrogen (secondary N) is 2. The van der Waals surface area contributed by atoms with E-state index >= 15 is 0 Å². The van der Waals surface area contributed by atoms with Crippen molar-refractivity contribution < 1.29 is 9.59 Å². The van der Waals surface area contributed by atoms with Crippen LogP contribution in [0.25, 0.3) is 0 Å². The Kier molecular flexibility index (Phi) is 7.73. The van der Waals surface area contributed by atoms with Crippen molar-refractivity contribution in [1.29, 1.82) is 0 Å². The van der Waals surface area contributed by atoms with Crippen molar-refractivity contribution >= 4 is 44.8 Å². The second-order valence-electron chi connectivity index (χ2n) is 8.87. The van der Waals surface area contributed by atoms with Gasteiger partial charge in [0.2, 0.25) is 22.1 Å². The summed E-state index contributed by atoms with van der Waals surface area (Å²) in [5.41, 5.74) is 1.92. The van der Waals surface area contributed by atoms with E-state index in [1.54, 1.807) is 0 Å². The highest BCUT2D eigenvalue weighted by Gasteiger charge is 2.29. The lowest BCUT2D eigenvalue weighted by atomic mass is 9.82. The van der Waals surface area contributed by atoms with Crippen LogP contribution in [0.3, 0.4) is 0 Å². The maximum absolute atomic E-state index is 12.4. The van der Waals surface area contributed by atoms with Crippen LogP contribution in [0.15, 0.2) is 60.7 Å². The normalized spacial score (nSPS) is 17.4. The highest BCUT2D eigenvalue weighted by molar-refractivity contribution is 7.15. The standard InChI is InChI=1S/C26H26N6O2S2/c33-21(14-17-8-3-1-4-9-17)27-25-31-29-23(35-25)19-12-7-13-20(16-19)24-30-32-26(36-24)28-22(34)15-18-10-5-2-6-11-18/h1-6,8-11,19-20H,7,12-16H2,(H,27,31,33)(H,28,32,34). The van der Waals surface area contributed by atoms with E-state index in [1.165, 1.54) is 22.7 Å². The van der Waals surface area contributed by atoms with Crippen LogP contribution in [0.1, 0.15) is 58.7 Å². The second kappa shape index (κ2) is 11.5. The number of aromatic nitrogens is 4. The Morgan fingerprint density at radius 1 is 0.694 bits per heavy atom. The molecule has 5 rings (SSSR count). The van der Waals surface area contributed by atoms with Crippen LogP contribution in [0.4, 0.5) is 10.3 Å².